The van der Waals surface area contributed by atoms with Crippen molar-refractivity contribution in [1.29, 1.82) is 0 Å². The van der Waals surface area contributed by atoms with Crippen LogP contribution in [0.5, 0.6) is 0 Å². The Morgan fingerprint density at radius 3 is 2.42 bits per heavy atom. The zero-order valence-electron chi connectivity index (χ0n) is 14.5. The minimum atomic E-state index is -4.00. The highest BCUT2D eigenvalue weighted by Gasteiger charge is 2.26. The fourth-order valence-corrected chi connectivity index (χ4v) is 4.22. The molecule has 1 amide bonds. The van der Waals surface area contributed by atoms with Gasteiger partial charge in [-0.15, -0.1) is 0 Å². The van der Waals surface area contributed by atoms with Crippen molar-refractivity contribution in [1.82, 2.24) is 9.62 Å². The molecule has 0 aliphatic rings. The quantitative estimate of drug-likeness (QED) is 0.776. The summed E-state index contributed by atoms with van der Waals surface area (Å²) < 4.78 is 40.3. The fraction of sp³-hybridized carbons (Fsp3) is 0.278. The van der Waals surface area contributed by atoms with E-state index >= 15 is 0 Å². The molecule has 5 nitrogen and oxygen atoms in total. The summed E-state index contributed by atoms with van der Waals surface area (Å²) in [5.74, 6) is -1.40. The highest BCUT2D eigenvalue weighted by Crippen LogP contribution is 2.21. The lowest BCUT2D eigenvalue weighted by molar-refractivity contribution is 0.0950. The second kappa shape index (κ2) is 8.62. The molecule has 0 atom stereocenters. The topological polar surface area (TPSA) is 66.5 Å². The number of rotatable bonds is 7. The summed E-state index contributed by atoms with van der Waals surface area (Å²) in [6.07, 6.45) is 0. The maximum atomic E-state index is 14.1. The van der Waals surface area contributed by atoms with Gasteiger partial charge in [-0.05, 0) is 29.8 Å². The monoisotopic (exact) mass is 398 g/mol. The lowest BCUT2D eigenvalue weighted by Crippen LogP contribution is -2.31. The molecule has 0 heterocycles. The van der Waals surface area contributed by atoms with Gasteiger partial charge in [-0.3, -0.25) is 4.79 Å². The van der Waals surface area contributed by atoms with Gasteiger partial charge in [0.25, 0.3) is 5.91 Å². The number of carbonyl (C=O) groups is 1. The summed E-state index contributed by atoms with van der Waals surface area (Å²) >= 11 is 6.04. The number of sulfonamides is 1. The number of hydrogen-bond donors (Lipinski definition) is 1. The van der Waals surface area contributed by atoms with E-state index in [4.69, 9.17) is 11.6 Å². The number of nitrogens with zero attached hydrogens (tertiary/aromatic N) is 1. The summed E-state index contributed by atoms with van der Waals surface area (Å²) in [5, 5.41) is 3.17. The highest BCUT2D eigenvalue weighted by molar-refractivity contribution is 7.89. The largest absolute Gasteiger partial charge is 0.348 e. The van der Waals surface area contributed by atoms with E-state index in [9.17, 15) is 17.6 Å². The first-order valence-electron chi connectivity index (χ1n) is 8.12. The molecule has 0 fully saturated rings. The van der Waals surface area contributed by atoms with E-state index in [2.05, 4.69) is 5.32 Å². The van der Waals surface area contributed by atoms with Gasteiger partial charge in [-0.1, -0.05) is 43.6 Å². The Hall–Kier alpha value is -1.96. The van der Waals surface area contributed by atoms with Gasteiger partial charge in [0.2, 0.25) is 10.0 Å². The third-order valence-electron chi connectivity index (χ3n) is 3.91. The number of benzene rings is 2. The molecule has 0 aliphatic carbocycles. The third kappa shape index (κ3) is 4.41. The molecule has 26 heavy (non-hydrogen) atoms. The van der Waals surface area contributed by atoms with Gasteiger partial charge in [0.05, 0.1) is 0 Å². The summed E-state index contributed by atoms with van der Waals surface area (Å²) in [6.45, 7) is 3.93. The molecule has 0 spiro atoms. The molecule has 0 saturated heterocycles. The Morgan fingerprint density at radius 1 is 1.15 bits per heavy atom. The van der Waals surface area contributed by atoms with E-state index in [0.29, 0.717) is 5.02 Å². The average molecular weight is 399 g/mol. The number of amides is 1. The molecule has 1 N–H and O–H groups in total. The van der Waals surface area contributed by atoms with Gasteiger partial charge in [-0.25, -0.2) is 12.8 Å². The summed E-state index contributed by atoms with van der Waals surface area (Å²) in [4.78, 5) is 11.8. The van der Waals surface area contributed by atoms with Gasteiger partial charge in [0, 0.05) is 30.2 Å². The van der Waals surface area contributed by atoms with Crippen LogP contribution in [0.2, 0.25) is 5.02 Å². The Kier molecular flexibility index (Phi) is 6.75. The summed E-state index contributed by atoms with van der Waals surface area (Å²) in [5.41, 5.74) is 0.782. The van der Waals surface area contributed by atoms with Gasteiger partial charge in [0.1, 0.15) is 10.7 Å². The third-order valence-corrected chi connectivity index (χ3v) is 6.35. The van der Waals surface area contributed by atoms with E-state index in [1.54, 1.807) is 38.1 Å². The van der Waals surface area contributed by atoms with Crippen LogP contribution in [0.1, 0.15) is 29.8 Å². The van der Waals surface area contributed by atoms with E-state index in [-0.39, 0.29) is 25.2 Å². The second-order valence-corrected chi connectivity index (χ2v) is 7.82. The van der Waals surface area contributed by atoms with Gasteiger partial charge >= 0.3 is 0 Å². The van der Waals surface area contributed by atoms with Crippen LogP contribution in [0.15, 0.2) is 47.4 Å². The Morgan fingerprint density at radius 2 is 1.81 bits per heavy atom. The van der Waals surface area contributed by atoms with Crippen LogP contribution in [0, 0.1) is 5.82 Å². The van der Waals surface area contributed by atoms with Crippen LogP contribution in [-0.4, -0.2) is 31.7 Å². The maximum Gasteiger partial charge on any atom is 0.251 e. The molecular formula is C18H20ClFN2O3S. The Bertz CT molecular complexity index is 899. The Labute approximate surface area is 157 Å². The SMILES string of the molecule is CCN(CC)S(=O)(=O)c1cc(C(=O)NCc2ccccc2Cl)ccc1F. The smallest absolute Gasteiger partial charge is 0.251 e. The first-order valence-corrected chi connectivity index (χ1v) is 9.94. The predicted molar refractivity (Wildman–Crippen MR) is 99.1 cm³/mol. The molecule has 0 saturated carbocycles. The predicted octanol–water partition coefficient (Wildman–Crippen LogP) is 3.44. The van der Waals surface area contributed by atoms with Crippen molar-refractivity contribution in [2.24, 2.45) is 0 Å². The van der Waals surface area contributed by atoms with Crippen LogP contribution >= 0.6 is 11.6 Å². The van der Waals surface area contributed by atoms with Gasteiger partial charge < -0.3 is 5.32 Å². The zero-order chi connectivity index (χ0) is 19.3. The number of carbonyl (C=O) groups excluding carboxylic acids is 1. The maximum absolute atomic E-state index is 14.1. The second-order valence-electron chi connectivity index (χ2n) is 5.51. The van der Waals surface area contributed by atoms with Crippen molar-refractivity contribution in [3.63, 3.8) is 0 Å². The summed E-state index contributed by atoms with van der Waals surface area (Å²) in [6, 6.07) is 10.3. The van der Waals surface area contributed by atoms with Crippen molar-refractivity contribution in [3.8, 4) is 0 Å². The first-order chi connectivity index (χ1) is 12.3. The number of halogens is 2. The molecule has 2 aromatic rings. The summed E-state index contributed by atoms with van der Waals surface area (Å²) in [7, 11) is -4.00. The molecule has 2 rings (SSSR count). The van der Waals surface area contributed by atoms with E-state index in [1.165, 1.54) is 6.07 Å². The van der Waals surface area contributed by atoms with Crippen molar-refractivity contribution in [3.05, 3.63) is 64.4 Å². The zero-order valence-corrected chi connectivity index (χ0v) is 16.1. The molecule has 140 valence electrons. The van der Waals surface area contributed by atoms with Crippen LogP contribution in [0.25, 0.3) is 0 Å². The Balaban J connectivity index is 2.26. The molecule has 0 bridgehead atoms. The molecule has 2 aromatic carbocycles. The van der Waals surface area contributed by atoms with E-state index in [0.717, 1.165) is 22.0 Å². The van der Waals surface area contributed by atoms with Gasteiger partial charge in [0.15, 0.2) is 0 Å². The minimum Gasteiger partial charge on any atom is -0.348 e. The fourth-order valence-electron chi connectivity index (χ4n) is 2.46. The molecule has 0 unspecified atom stereocenters. The molecule has 0 aliphatic heterocycles. The number of nitrogens with one attached hydrogen (secondary N) is 1. The van der Waals surface area contributed by atoms with Crippen LogP contribution < -0.4 is 5.32 Å². The van der Waals surface area contributed by atoms with Crippen molar-refractivity contribution in [2.45, 2.75) is 25.3 Å². The highest BCUT2D eigenvalue weighted by atomic mass is 35.5. The van der Waals surface area contributed by atoms with E-state index in [1.807, 2.05) is 0 Å². The molecule has 0 radical (unpaired) electrons. The first kappa shape index (κ1) is 20.4. The minimum absolute atomic E-state index is 0.0594. The average Bonchev–Trinajstić information content (AvgIpc) is 2.61. The molecule has 8 heteroatoms. The molecular weight excluding hydrogens is 379 g/mol. The van der Waals surface area contributed by atoms with Crippen LogP contribution in [0.3, 0.4) is 0 Å². The molecule has 0 aromatic heterocycles. The van der Waals surface area contributed by atoms with Crippen molar-refractivity contribution in [2.75, 3.05) is 13.1 Å². The van der Waals surface area contributed by atoms with Crippen LogP contribution in [-0.2, 0) is 16.6 Å². The lowest BCUT2D eigenvalue weighted by atomic mass is 10.2. The normalized spacial score (nSPS) is 11.6. The van der Waals surface area contributed by atoms with Gasteiger partial charge in [-0.2, -0.15) is 4.31 Å². The lowest BCUT2D eigenvalue weighted by Gasteiger charge is -2.19. The number of hydrogen-bond acceptors (Lipinski definition) is 3. The van der Waals surface area contributed by atoms with Crippen molar-refractivity contribution >= 4 is 27.5 Å². The van der Waals surface area contributed by atoms with Crippen LogP contribution in [0.4, 0.5) is 4.39 Å². The standard InChI is InChI=1S/C18H20ClFN2O3S/c1-3-22(4-2)26(24,25)17-11-13(9-10-16(17)20)18(23)21-12-14-7-5-6-8-15(14)19/h5-11H,3-4,12H2,1-2H3,(H,21,23). The van der Waals surface area contributed by atoms with Crippen molar-refractivity contribution < 1.29 is 17.6 Å². The van der Waals surface area contributed by atoms with E-state index < -0.39 is 26.6 Å².